The Kier molecular flexibility index (Phi) is 2.84. The Morgan fingerprint density at radius 1 is 1.62 bits per heavy atom. The second-order valence-electron chi connectivity index (χ2n) is 2.46. The molecule has 70 valence electrons. The van der Waals surface area contributed by atoms with E-state index in [1.54, 1.807) is 0 Å². The first-order chi connectivity index (χ1) is 6.19. The maximum atomic E-state index is 12.9. The summed E-state index contributed by atoms with van der Waals surface area (Å²) >= 11 is 0. The van der Waals surface area contributed by atoms with Gasteiger partial charge in [-0.25, -0.2) is 4.39 Å². The lowest BCUT2D eigenvalue weighted by atomic mass is 10.1. The minimum atomic E-state index is -1.71. The number of phenolic OH excluding ortho intramolecular Hbond substituents is 1. The highest BCUT2D eigenvalue weighted by atomic mass is 19.1. The smallest absolute Gasteiger partial charge is 0.184 e. The number of carbonyl (C=O) groups is 1. The summed E-state index contributed by atoms with van der Waals surface area (Å²) in [6.45, 7) is 0. The molecule has 0 saturated carbocycles. The van der Waals surface area contributed by atoms with Gasteiger partial charge in [0.05, 0.1) is 7.11 Å². The normalized spacial score (nSPS) is 12.2. The Balaban J connectivity index is 3.12. The summed E-state index contributed by atoms with van der Waals surface area (Å²) in [6, 6.07) is 3.87. The summed E-state index contributed by atoms with van der Waals surface area (Å²) in [5.41, 5.74) is 0.121. The van der Waals surface area contributed by atoms with Crippen molar-refractivity contribution in [3.8, 4) is 11.5 Å². The summed E-state index contributed by atoms with van der Waals surface area (Å²) in [5, 5.41) is 9.03. The molecule has 0 amide bonds. The Morgan fingerprint density at radius 2 is 2.31 bits per heavy atom. The fraction of sp³-hybridized carbons (Fsp3) is 0.222. The van der Waals surface area contributed by atoms with Gasteiger partial charge in [-0.3, -0.25) is 4.79 Å². The first-order valence-corrected chi connectivity index (χ1v) is 3.65. The fourth-order valence-electron chi connectivity index (χ4n) is 1.00. The van der Waals surface area contributed by atoms with Crippen molar-refractivity contribution < 1.29 is 19.0 Å². The SMILES string of the molecule is COc1cc(O)ccc1C(F)C=O. The Morgan fingerprint density at radius 3 is 2.85 bits per heavy atom. The van der Waals surface area contributed by atoms with Crippen molar-refractivity contribution in [2.45, 2.75) is 6.17 Å². The van der Waals surface area contributed by atoms with E-state index >= 15 is 0 Å². The highest BCUT2D eigenvalue weighted by Gasteiger charge is 2.14. The highest BCUT2D eigenvalue weighted by Crippen LogP contribution is 2.29. The molecule has 0 aromatic heterocycles. The van der Waals surface area contributed by atoms with Crippen LogP contribution in [0.2, 0.25) is 0 Å². The van der Waals surface area contributed by atoms with Crippen molar-refractivity contribution in [1.29, 1.82) is 0 Å². The molecule has 0 aliphatic carbocycles. The van der Waals surface area contributed by atoms with E-state index in [0.29, 0.717) is 0 Å². The van der Waals surface area contributed by atoms with Gasteiger partial charge in [0, 0.05) is 11.6 Å². The van der Waals surface area contributed by atoms with Crippen LogP contribution in [0.5, 0.6) is 11.5 Å². The van der Waals surface area contributed by atoms with Crippen LogP contribution in [-0.2, 0) is 4.79 Å². The highest BCUT2D eigenvalue weighted by molar-refractivity contribution is 5.62. The second-order valence-corrected chi connectivity index (χ2v) is 2.46. The fourth-order valence-corrected chi connectivity index (χ4v) is 1.00. The van der Waals surface area contributed by atoms with Gasteiger partial charge in [-0.15, -0.1) is 0 Å². The topological polar surface area (TPSA) is 46.5 Å². The van der Waals surface area contributed by atoms with Crippen LogP contribution in [0.4, 0.5) is 4.39 Å². The molecule has 4 heteroatoms. The zero-order valence-corrected chi connectivity index (χ0v) is 7.03. The van der Waals surface area contributed by atoms with Crippen LogP contribution in [0.1, 0.15) is 11.7 Å². The van der Waals surface area contributed by atoms with Gasteiger partial charge >= 0.3 is 0 Å². The molecule has 0 spiro atoms. The molecule has 0 fully saturated rings. The summed E-state index contributed by atoms with van der Waals surface area (Å²) < 4.78 is 17.7. The lowest BCUT2D eigenvalue weighted by Crippen LogP contribution is -1.96. The number of hydrogen-bond acceptors (Lipinski definition) is 3. The Hall–Kier alpha value is -1.58. The number of hydrogen-bond donors (Lipinski definition) is 1. The number of aromatic hydroxyl groups is 1. The maximum Gasteiger partial charge on any atom is 0.184 e. The summed E-state index contributed by atoms with van der Waals surface area (Å²) in [4.78, 5) is 10.2. The molecule has 1 rings (SSSR count). The van der Waals surface area contributed by atoms with E-state index in [2.05, 4.69) is 0 Å². The van der Waals surface area contributed by atoms with E-state index in [0.717, 1.165) is 0 Å². The molecule has 0 bridgehead atoms. The molecular formula is C9H9FO3. The third-order valence-electron chi connectivity index (χ3n) is 1.63. The van der Waals surface area contributed by atoms with Crippen LogP contribution in [0, 0.1) is 0 Å². The minimum Gasteiger partial charge on any atom is -0.508 e. The van der Waals surface area contributed by atoms with E-state index in [1.165, 1.54) is 25.3 Å². The minimum absolute atomic E-state index is 0.0290. The van der Waals surface area contributed by atoms with E-state index in [4.69, 9.17) is 9.84 Å². The molecule has 0 saturated heterocycles. The van der Waals surface area contributed by atoms with Gasteiger partial charge in [-0.1, -0.05) is 0 Å². The standard InChI is InChI=1S/C9H9FO3/c1-13-9-4-6(12)2-3-7(9)8(10)5-11/h2-5,8,12H,1H3. The molecule has 1 N–H and O–H groups in total. The van der Waals surface area contributed by atoms with E-state index in [9.17, 15) is 9.18 Å². The number of rotatable bonds is 3. The number of carbonyl (C=O) groups excluding carboxylic acids is 1. The number of phenols is 1. The van der Waals surface area contributed by atoms with Gasteiger partial charge in [-0.2, -0.15) is 0 Å². The number of aldehydes is 1. The number of ether oxygens (including phenoxy) is 1. The quantitative estimate of drug-likeness (QED) is 0.726. The van der Waals surface area contributed by atoms with Crippen molar-refractivity contribution in [3.63, 3.8) is 0 Å². The average Bonchev–Trinajstić information content (AvgIpc) is 2.16. The number of benzene rings is 1. The predicted molar refractivity (Wildman–Crippen MR) is 44.6 cm³/mol. The van der Waals surface area contributed by atoms with Crippen LogP contribution in [0.25, 0.3) is 0 Å². The molecule has 0 heterocycles. The first kappa shape index (κ1) is 9.51. The predicted octanol–water partition coefficient (Wildman–Crippen LogP) is 1.61. The lowest BCUT2D eigenvalue weighted by Gasteiger charge is -2.08. The van der Waals surface area contributed by atoms with Crippen LogP contribution in [0.15, 0.2) is 18.2 Å². The third kappa shape index (κ3) is 1.96. The van der Waals surface area contributed by atoms with Crippen molar-refractivity contribution in [3.05, 3.63) is 23.8 Å². The monoisotopic (exact) mass is 184 g/mol. The Labute approximate surface area is 74.8 Å². The number of methoxy groups -OCH3 is 1. The molecule has 1 atom stereocenters. The third-order valence-corrected chi connectivity index (χ3v) is 1.63. The molecule has 13 heavy (non-hydrogen) atoms. The van der Waals surface area contributed by atoms with Crippen molar-refractivity contribution in [2.24, 2.45) is 0 Å². The van der Waals surface area contributed by atoms with Crippen LogP contribution in [-0.4, -0.2) is 18.5 Å². The second kappa shape index (κ2) is 3.89. The van der Waals surface area contributed by atoms with Gasteiger partial charge < -0.3 is 9.84 Å². The molecule has 1 aromatic carbocycles. The van der Waals surface area contributed by atoms with Crippen molar-refractivity contribution in [1.82, 2.24) is 0 Å². The van der Waals surface area contributed by atoms with E-state index < -0.39 is 6.17 Å². The van der Waals surface area contributed by atoms with Crippen LogP contribution < -0.4 is 4.74 Å². The van der Waals surface area contributed by atoms with E-state index in [1.807, 2.05) is 0 Å². The number of halogens is 1. The molecule has 0 radical (unpaired) electrons. The molecular weight excluding hydrogens is 175 g/mol. The first-order valence-electron chi connectivity index (χ1n) is 3.65. The van der Waals surface area contributed by atoms with Crippen molar-refractivity contribution in [2.75, 3.05) is 7.11 Å². The zero-order chi connectivity index (χ0) is 9.84. The van der Waals surface area contributed by atoms with Gasteiger partial charge in [-0.05, 0) is 12.1 Å². The molecule has 0 aliphatic heterocycles. The van der Waals surface area contributed by atoms with Gasteiger partial charge in [0.25, 0.3) is 0 Å². The van der Waals surface area contributed by atoms with Gasteiger partial charge in [0.15, 0.2) is 12.5 Å². The molecule has 3 nitrogen and oxygen atoms in total. The average molecular weight is 184 g/mol. The molecule has 1 aromatic rings. The zero-order valence-electron chi connectivity index (χ0n) is 7.03. The summed E-state index contributed by atoms with van der Waals surface area (Å²) in [5.74, 6) is 0.137. The number of alkyl halides is 1. The molecule has 0 aliphatic rings. The van der Waals surface area contributed by atoms with Gasteiger partial charge in [0.2, 0.25) is 0 Å². The van der Waals surface area contributed by atoms with Crippen LogP contribution in [0.3, 0.4) is 0 Å². The lowest BCUT2D eigenvalue weighted by molar-refractivity contribution is -0.112. The van der Waals surface area contributed by atoms with Crippen LogP contribution >= 0.6 is 0 Å². The molecule has 1 unspecified atom stereocenters. The summed E-state index contributed by atoms with van der Waals surface area (Å²) in [6.07, 6.45) is -1.54. The van der Waals surface area contributed by atoms with Gasteiger partial charge in [0.1, 0.15) is 11.5 Å². The Bertz CT molecular complexity index is 312. The van der Waals surface area contributed by atoms with Crippen molar-refractivity contribution >= 4 is 6.29 Å². The van der Waals surface area contributed by atoms with E-state index in [-0.39, 0.29) is 23.3 Å². The maximum absolute atomic E-state index is 12.9. The largest absolute Gasteiger partial charge is 0.508 e. The summed E-state index contributed by atoms with van der Waals surface area (Å²) in [7, 11) is 1.34.